The van der Waals surface area contributed by atoms with Crippen molar-refractivity contribution in [3.05, 3.63) is 69.5 Å². The Labute approximate surface area is 165 Å². The van der Waals surface area contributed by atoms with Gasteiger partial charge in [-0.3, -0.25) is 24.5 Å². The van der Waals surface area contributed by atoms with Crippen LogP contribution < -0.4 is 10.9 Å². The monoisotopic (exact) mass is 390 g/mol. The summed E-state index contributed by atoms with van der Waals surface area (Å²) >= 11 is 0. The Balaban J connectivity index is 1.81. The molecular weight excluding hydrogens is 372 g/mol. The maximum absolute atomic E-state index is 13.2. The minimum Gasteiger partial charge on any atom is -0.295 e. The van der Waals surface area contributed by atoms with Gasteiger partial charge >= 0.3 is 0 Å². The standard InChI is InChI=1S/C21H18N4O4/c1-12-7-8-14(11-16(26)13-5-3-2-4-6-13)18-19(12)23-24-25(21(18)29)15-9-10-17(27)22-20(15)28/h2-8,15H,9-11H2,1H3,(H,22,27,28). The summed E-state index contributed by atoms with van der Waals surface area (Å²) < 4.78 is 1.01. The lowest BCUT2D eigenvalue weighted by molar-refractivity contribution is -0.136. The number of amides is 2. The summed E-state index contributed by atoms with van der Waals surface area (Å²) in [5.74, 6) is -1.08. The van der Waals surface area contributed by atoms with E-state index in [9.17, 15) is 19.2 Å². The predicted molar refractivity (Wildman–Crippen MR) is 104 cm³/mol. The first-order valence-electron chi connectivity index (χ1n) is 9.25. The highest BCUT2D eigenvalue weighted by atomic mass is 16.2. The average Bonchev–Trinajstić information content (AvgIpc) is 2.71. The molecule has 0 aliphatic carbocycles. The van der Waals surface area contributed by atoms with Crippen molar-refractivity contribution in [3.8, 4) is 0 Å². The summed E-state index contributed by atoms with van der Waals surface area (Å²) in [6.07, 6.45) is 0.321. The van der Waals surface area contributed by atoms with Crippen LogP contribution in [0.4, 0.5) is 0 Å². The van der Waals surface area contributed by atoms with Crippen molar-refractivity contribution in [2.24, 2.45) is 0 Å². The Morgan fingerprint density at radius 2 is 1.90 bits per heavy atom. The van der Waals surface area contributed by atoms with Gasteiger partial charge in [0.1, 0.15) is 11.6 Å². The number of carbonyl (C=O) groups is 3. The van der Waals surface area contributed by atoms with Gasteiger partial charge in [0.25, 0.3) is 11.5 Å². The van der Waals surface area contributed by atoms with Crippen LogP contribution in [0.5, 0.6) is 0 Å². The lowest BCUT2D eigenvalue weighted by atomic mass is 9.98. The molecule has 0 radical (unpaired) electrons. The number of aromatic nitrogens is 3. The molecule has 1 N–H and O–H groups in total. The Morgan fingerprint density at radius 3 is 2.62 bits per heavy atom. The number of ketones is 1. The van der Waals surface area contributed by atoms with Crippen LogP contribution in [0.2, 0.25) is 0 Å². The molecule has 146 valence electrons. The van der Waals surface area contributed by atoms with Gasteiger partial charge < -0.3 is 0 Å². The minimum atomic E-state index is -0.907. The molecule has 1 atom stereocenters. The van der Waals surface area contributed by atoms with E-state index in [0.29, 0.717) is 16.6 Å². The van der Waals surface area contributed by atoms with Crippen LogP contribution in [0.15, 0.2) is 47.3 Å². The number of piperidine rings is 1. The van der Waals surface area contributed by atoms with E-state index in [1.165, 1.54) is 0 Å². The first-order valence-corrected chi connectivity index (χ1v) is 9.25. The highest BCUT2D eigenvalue weighted by Gasteiger charge is 2.30. The van der Waals surface area contributed by atoms with Crippen LogP contribution in [0, 0.1) is 6.92 Å². The Kier molecular flexibility index (Phi) is 4.75. The van der Waals surface area contributed by atoms with Gasteiger partial charge in [-0.2, -0.15) is 4.68 Å². The second-order valence-electron chi connectivity index (χ2n) is 7.04. The summed E-state index contributed by atoms with van der Waals surface area (Å²) in [6.45, 7) is 1.80. The Hall–Kier alpha value is -3.68. The largest absolute Gasteiger partial charge is 0.295 e. The van der Waals surface area contributed by atoms with Gasteiger partial charge in [-0.05, 0) is 24.5 Å². The van der Waals surface area contributed by atoms with Crippen LogP contribution >= 0.6 is 0 Å². The van der Waals surface area contributed by atoms with Gasteiger partial charge in [0.2, 0.25) is 5.91 Å². The average molecular weight is 390 g/mol. The number of carbonyl (C=O) groups excluding carboxylic acids is 3. The zero-order valence-electron chi connectivity index (χ0n) is 15.7. The molecule has 2 amide bonds. The number of rotatable bonds is 4. The molecule has 1 unspecified atom stereocenters. The van der Waals surface area contributed by atoms with Gasteiger partial charge in [0.05, 0.1) is 5.39 Å². The molecule has 0 saturated carbocycles. The van der Waals surface area contributed by atoms with E-state index in [-0.39, 0.29) is 36.3 Å². The van der Waals surface area contributed by atoms with E-state index in [0.717, 1.165) is 10.2 Å². The van der Waals surface area contributed by atoms with Gasteiger partial charge in [0.15, 0.2) is 5.78 Å². The first kappa shape index (κ1) is 18.7. The molecule has 1 aliphatic rings. The fourth-order valence-corrected chi connectivity index (χ4v) is 3.52. The third kappa shape index (κ3) is 3.44. The number of nitrogens with one attached hydrogen (secondary N) is 1. The third-order valence-corrected chi connectivity index (χ3v) is 5.08. The van der Waals surface area contributed by atoms with Crippen LogP contribution in [0.25, 0.3) is 10.9 Å². The van der Waals surface area contributed by atoms with Crippen molar-refractivity contribution in [2.75, 3.05) is 0 Å². The van der Waals surface area contributed by atoms with Crippen molar-refractivity contribution < 1.29 is 14.4 Å². The van der Waals surface area contributed by atoms with Gasteiger partial charge in [-0.15, -0.1) is 5.10 Å². The van der Waals surface area contributed by atoms with E-state index >= 15 is 0 Å². The fraction of sp³-hybridized carbons (Fsp3) is 0.238. The molecule has 3 aromatic rings. The summed E-state index contributed by atoms with van der Waals surface area (Å²) in [4.78, 5) is 49.5. The number of hydrogen-bond donors (Lipinski definition) is 1. The SMILES string of the molecule is Cc1ccc(CC(=O)c2ccccc2)c2c(=O)n(C3CCC(=O)NC3=O)nnc12. The first-order chi connectivity index (χ1) is 14.0. The number of benzene rings is 2. The van der Waals surface area contributed by atoms with Gasteiger partial charge in [-0.1, -0.05) is 47.7 Å². The van der Waals surface area contributed by atoms with E-state index in [1.54, 1.807) is 43.3 Å². The number of nitrogens with zero attached hydrogens (tertiary/aromatic N) is 3. The zero-order chi connectivity index (χ0) is 20.5. The lowest BCUT2D eigenvalue weighted by Crippen LogP contribution is -2.45. The fourth-order valence-electron chi connectivity index (χ4n) is 3.52. The molecular formula is C21H18N4O4. The highest BCUT2D eigenvalue weighted by Crippen LogP contribution is 2.21. The minimum absolute atomic E-state index is 0.0249. The molecule has 8 heteroatoms. The van der Waals surface area contributed by atoms with Crippen molar-refractivity contribution >= 4 is 28.5 Å². The molecule has 1 saturated heterocycles. The van der Waals surface area contributed by atoms with Crippen LogP contribution in [0.1, 0.15) is 40.4 Å². The summed E-state index contributed by atoms with van der Waals surface area (Å²) in [7, 11) is 0. The smallest absolute Gasteiger partial charge is 0.278 e. The van der Waals surface area contributed by atoms with Gasteiger partial charge in [-0.25, -0.2) is 0 Å². The number of hydrogen-bond acceptors (Lipinski definition) is 6. The molecule has 4 rings (SSSR count). The number of fused-ring (bicyclic) bond motifs is 1. The molecule has 0 spiro atoms. The third-order valence-electron chi connectivity index (χ3n) is 5.08. The quantitative estimate of drug-likeness (QED) is 0.534. The van der Waals surface area contributed by atoms with Crippen LogP contribution in [0.3, 0.4) is 0 Å². The molecule has 0 bridgehead atoms. The van der Waals surface area contributed by atoms with Crippen molar-refractivity contribution in [2.45, 2.75) is 32.2 Å². The van der Waals surface area contributed by atoms with Crippen molar-refractivity contribution in [1.82, 2.24) is 20.3 Å². The van der Waals surface area contributed by atoms with Crippen molar-refractivity contribution in [1.29, 1.82) is 0 Å². The molecule has 2 aromatic carbocycles. The van der Waals surface area contributed by atoms with Crippen molar-refractivity contribution in [3.63, 3.8) is 0 Å². The normalized spacial score (nSPS) is 16.7. The predicted octanol–water partition coefficient (Wildman–Crippen LogP) is 1.50. The molecule has 29 heavy (non-hydrogen) atoms. The van der Waals surface area contributed by atoms with Crippen LogP contribution in [-0.2, 0) is 16.0 Å². The summed E-state index contributed by atoms with van der Waals surface area (Å²) in [6, 6.07) is 11.4. The van der Waals surface area contributed by atoms with E-state index in [1.807, 2.05) is 6.07 Å². The van der Waals surface area contributed by atoms with E-state index < -0.39 is 17.5 Å². The molecule has 1 aromatic heterocycles. The van der Waals surface area contributed by atoms with E-state index in [4.69, 9.17) is 0 Å². The Bertz CT molecular complexity index is 1200. The lowest BCUT2D eigenvalue weighted by Gasteiger charge is -2.21. The molecule has 2 heterocycles. The van der Waals surface area contributed by atoms with E-state index in [2.05, 4.69) is 15.6 Å². The molecule has 1 fully saturated rings. The summed E-state index contributed by atoms with van der Waals surface area (Å²) in [5.41, 5.74) is 1.73. The van der Waals surface area contributed by atoms with Crippen LogP contribution in [-0.4, -0.2) is 32.6 Å². The number of Topliss-reactive ketones (excluding diaryl/α,β-unsaturated/α-hetero) is 1. The number of aryl methyl sites for hydroxylation is 1. The zero-order valence-corrected chi connectivity index (χ0v) is 15.7. The maximum Gasteiger partial charge on any atom is 0.278 e. The Morgan fingerprint density at radius 1 is 1.14 bits per heavy atom. The highest BCUT2D eigenvalue weighted by molar-refractivity contribution is 6.00. The number of imide groups is 1. The topological polar surface area (TPSA) is 111 Å². The maximum atomic E-state index is 13.2. The summed E-state index contributed by atoms with van der Waals surface area (Å²) in [5, 5.41) is 10.6. The molecule has 1 aliphatic heterocycles. The second kappa shape index (κ2) is 7.38. The second-order valence-corrected chi connectivity index (χ2v) is 7.04. The molecule has 8 nitrogen and oxygen atoms in total. The van der Waals surface area contributed by atoms with Gasteiger partial charge in [0, 0.05) is 18.4 Å².